The highest BCUT2D eigenvalue weighted by atomic mass is 32.2. The number of thioether (sulfide) groups is 1. The predicted octanol–water partition coefficient (Wildman–Crippen LogP) is 0.730. The Kier molecular flexibility index (Phi) is 4.56. The molecule has 1 heterocycles. The molecule has 2 rings (SSSR count). The van der Waals surface area contributed by atoms with Gasteiger partial charge in [0.1, 0.15) is 0 Å². The van der Waals surface area contributed by atoms with E-state index in [0.29, 0.717) is 0 Å². The van der Waals surface area contributed by atoms with Gasteiger partial charge in [-0.15, -0.1) is 0 Å². The van der Waals surface area contributed by atoms with E-state index >= 15 is 0 Å². The van der Waals surface area contributed by atoms with Gasteiger partial charge in [-0.1, -0.05) is 0 Å². The number of benzene rings is 1. The van der Waals surface area contributed by atoms with Gasteiger partial charge in [-0.2, -0.15) is 11.8 Å². The lowest BCUT2D eigenvalue weighted by Crippen LogP contribution is -2.43. The van der Waals surface area contributed by atoms with Crippen LogP contribution in [-0.2, 0) is 14.8 Å². The zero-order chi connectivity index (χ0) is 14.8. The number of hydrogen-bond donors (Lipinski definition) is 2. The van der Waals surface area contributed by atoms with Crippen molar-refractivity contribution in [2.24, 2.45) is 5.14 Å². The molecule has 0 radical (unpaired) electrons. The average molecular weight is 316 g/mol. The summed E-state index contributed by atoms with van der Waals surface area (Å²) >= 11 is 1.73. The molecule has 0 aromatic heterocycles. The molecule has 1 fully saturated rings. The van der Waals surface area contributed by atoms with Crippen molar-refractivity contribution in [1.29, 1.82) is 0 Å². The van der Waals surface area contributed by atoms with Crippen molar-refractivity contribution in [2.45, 2.75) is 17.4 Å². The molecule has 8 heteroatoms. The van der Waals surface area contributed by atoms with Gasteiger partial charge in [0.2, 0.25) is 10.0 Å². The molecule has 0 bridgehead atoms. The second kappa shape index (κ2) is 6.02. The van der Waals surface area contributed by atoms with Crippen molar-refractivity contribution in [1.82, 2.24) is 0 Å². The maximum Gasteiger partial charge on any atom is 0.305 e. The highest BCUT2D eigenvalue weighted by Gasteiger charge is 2.25. The third kappa shape index (κ3) is 3.65. The maximum atomic E-state index is 11.2. The molecule has 0 aliphatic carbocycles. The summed E-state index contributed by atoms with van der Waals surface area (Å²) in [6, 6.07) is 6.16. The third-order valence-corrected chi connectivity index (χ3v) is 5.16. The Balaban J connectivity index is 2.22. The Morgan fingerprint density at radius 1 is 1.40 bits per heavy atom. The first-order chi connectivity index (χ1) is 9.38. The van der Waals surface area contributed by atoms with Crippen LogP contribution >= 0.6 is 11.8 Å². The van der Waals surface area contributed by atoms with Crippen LogP contribution in [0.2, 0.25) is 0 Å². The number of anilines is 1. The molecular weight excluding hydrogens is 300 g/mol. The number of aliphatic carboxylic acids is 1. The van der Waals surface area contributed by atoms with Gasteiger partial charge >= 0.3 is 5.97 Å². The summed E-state index contributed by atoms with van der Waals surface area (Å²) < 4.78 is 22.4. The van der Waals surface area contributed by atoms with Gasteiger partial charge in [-0.3, -0.25) is 4.79 Å². The van der Waals surface area contributed by atoms with Crippen LogP contribution in [-0.4, -0.2) is 43.6 Å². The predicted molar refractivity (Wildman–Crippen MR) is 78.5 cm³/mol. The number of carboxylic acid groups (broad SMARTS) is 1. The molecule has 1 aromatic rings. The first-order valence-electron chi connectivity index (χ1n) is 6.07. The van der Waals surface area contributed by atoms with E-state index in [1.807, 2.05) is 4.90 Å². The summed E-state index contributed by atoms with van der Waals surface area (Å²) in [5.41, 5.74) is 0.823. The van der Waals surface area contributed by atoms with E-state index in [1.165, 1.54) is 12.1 Å². The van der Waals surface area contributed by atoms with Crippen molar-refractivity contribution < 1.29 is 18.3 Å². The molecule has 1 aliphatic heterocycles. The van der Waals surface area contributed by atoms with Crippen LogP contribution < -0.4 is 10.0 Å². The van der Waals surface area contributed by atoms with Crippen LogP contribution in [0.15, 0.2) is 29.2 Å². The van der Waals surface area contributed by atoms with Gasteiger partial charge in [0.15, 0.2) is 0 Å². The summed E-state index contributed by atoms with van der Waals surface area (Å²) in [5, 5.41) is 14.0. The molecule has 1 saturated heterocycles. The molecular formula is C12H16N2O4S2. The Morgan fingerprint density at radius 2 is 2.05 bits per heavy atom. The summed E-state index contributed by atoms with van der Waals surface area (Å²) in [5.74, 6) is 0.847. The highest BCUT2D eigenvalue weighted by Crippen LogP contribution is 2.26. The maximum absolute atomic E-state index is 11.2. The number of carbonyl (C=O) groups is 1. The van der Waals surface area contributed by atoms with E-state index in [2.05, 4.69) is 0 Å². The molecule has 1 atom stereocenters. The monoisotopic (exact) mass is 316 g/mol. The molecule has 1 unspecified atom stereocenters. The number of hydrogen-bond acceptors (Lipinski definition) is 5. The molecule has 20 heavy (non-hydrogen) atoms. The number of nitrogens with two attached hydrogens (primary N) is 1. The van der Waals surface area contributed by atoms with E-state index in [1.54, 1.807) is 23.9 Å². The lowest BCUT2D eigenvalue weighted by Gasteiger charge is -2.36. The normalized spacial score (nSPS) is 19.9. The van der Waals surface area contributed by atoms with Crippen LogP contribution in [0, 0.1) is 0 Å². The van der Waals surface area contributed by atoms with Crippen molar-refractivity contribution >= 4 is 33.4 Å². The van der Waals surface area contributed by atoms with Crippen molar-refractivity contribution in [2.75, 3.05) is 23.0 Å². The lowest BCUT2D eigenvalue weighted by atomic mass is 10.1. The SMILES string of the molecule is NS(=O)(=O)c1ccc(N2CCSCC2CC(=O)O)cc1. The largest absolute Gasteiger partial charge is 0.481 e. The molecule has 0 saturated carbocycles. The van der Waals surface area contributed by atoms with Crippen LogP contribution in [0.3, 0.4) is 0 Å². The standard InChI is InChI=1S/C12H16N2O4S2/c13-20(17,18)11-3-1-9(2-4-11)14-5-6-19-8-10(14)7-12(15)16/h1-4,10H,5-8H2,(H,15,16)(H2,13,17,18). The second-order valence-corrected chi connectivity index (χ2v) is 7.27. The first kappa shape index (κ1) is 15.1. The summed E-state index contributed by atoms with van der Waals surface area (Å²) in [7, 11) is -3.70. The average Bonchev–Trinajstić information content (AvgIpc) is 2.38. The zero-order valence-electron chi connectivity index (χ0n) is 10.7. The Morgan fingerprint density at radius 3 is 2.60 bits per heavy atom. The van der Waals surface area contributed by atoms with Crippen LogP contribution in [0.1, 0.15) is 6.42 Å². The fraction of sp³-hybridized carbons (Fsp3) is 0.417. The molecule has 3 N–H and O–H groups in total. The van der Waals surface area contributed by atoms with E-state index < -0.39 is 16.0 Å². The topological polar surface area (TPSA) is 101 Å². The van der Waals surface area contributed by atoms with Crippen molar-refractivity contribution in [3.8, 4) is 0 Å². The number of rotatable bonds is 4. The zero-order valence-corrected chi connectivity index (χ0v) is 12.4. The van der Waals surface area contributed by atoms with Gasteiger partial charge in [0.25, 0.3) is 0 Å². The quantitative estimate of drug-likeness (QED) is 0.849. The summed E-state index contributed by atoms with van der Waals surface area (Å²) in [6.07, 6.45) is 0.0734. The van der Waals surface area contributed by atoms with Crippen LogP contribution in [0.25, 0.3) is 0 Å². The van der Waals surface area contributed by atoms with Gasteiger partial charge in [0.05, 0.1) is 11.3 Å². The number of nitrogens with zero attached hydrogens (tertiary/aromatic N) is 1. The number of primary sulfonamides is 1. The van der Waals surface area contributed by atoms with Gasteiger partial charge in [-0.05, 0) is 24.3 Å². The minimum absolute atomic E-state index is 0.0578. The number of sulfonamides is 1. The third-order valence-electron chi connectivity index (χ3n) is 3.13. The fourth-order valence-electron chi connectivity index (χ4n) is 2.19. The molecule has 6 nitrogen and oxygen atoms in total. The Labute approximate surface area is 122 Å². The molecule has 0 spiro atoms. The summed E-state index contributed by atoms with van der Waals surface area (Å²) in [6.45, 7) is 0.747. The van der Waals surface area contributed by atoms with Crippen LogP contribution in [0.4, 0.5) is 5.69 Å². The van der Waals surface area contributed by atoms with Crippen molar-refractivity contribution in [3.05, 3.63) is 24.3 Å². The molecule has 1 aromatic carbocycles. The minimum atomic E-state index is -3.70. The van der Waals surface area contributed by atoms with E-state index in [9.17, 15) is 13.2 Å². The van der Waals surface area contributed by atoms with Gasteiger partial charge in [0, 0.05) is 29.8 Å². The smallest absolute Gasteiger partial charge is 0.305 e. The lowest BCUT2D eigenvalue weighted by molar-refractivity contribution is -0.137. The minimum Gasteiger partial charge on any atom is -0.481 e. The molecule has 110 valence electrons. The Hall–Kier alpha value is -1.25. The second-order valence-electron chi connectivity index (χ2n) is 4.56. The summed E-state index contributed by atoms with van der Waals surface area (Å²) in [4.78, 5) is 13.0. The fourth-order valence-corrected chi connectivity index (χ4v) is 3.77. The Bertz CT molecular complexity index is 586. The molecule has 1 aliphatic rings. The first-order valence-corrected chi connectivity index (χ1v) is 8.77. The number of carboxylic acids is 1. The van der Waals surface area contributed by atoms with E-state index in [0.717, 1.165) is 23.7 Å². The van der Waals surface area contributed by atoms with Crippen molar-refractivity contribution in [3.63, 3.8) is 0 Å². The van der Waals surface area contributed by atoms with Crippen LogP contribution in [0.5, 0.6) is 0 Å². The van der Waals surface area contributed by atoms with E-state index in [4.69, 9.17) is 10.2 Å². The van der Waals surface area contributed by atoms with E-state index in [-0.39, 0.29) is 17.4 Å². The van der Waals surface area contributed by atoms with Gasteiger partial charge < -0.3 is 10.0 Å². The van der Waals surface area contributed by atoms with Gasteiger partial charge in [-0.25, -0.2) is 13.6 Å². The molecule has 0 amide bonds. The highest BCUT2D eigenvalue weighted by molar-refractivity contribution is 7.99.